The summed E-state index contributed by atoms with van der Waals surface area (Å²) in [6.45, 7) is -2.90. The Labute approximate surface area is 121 Å². The second-order valence-corrected chi connectivity index (χ2v) is 5.35. The minimum atomic E-state index is -2.90. The lowest BCUT2D eigenvalue weighted by atomic mass is 9.94. The zero-order valence-corrected chi connectivity index (χ0v) is 11.6. The molecule has 0 saturated heterocycles. The van der Waals surface area contributed by atoms with Crippen LogP contribution >= 0.6 is 11.6 Å². The Bertz CT molecular complexity index is 470. The van der Waals surface area contributed by atoms with E-state index in [2.05, 4.69) is 10.1 Å². The molecule has 0 aromatic heterocycles. The average molecular weight is 304 g/mol. The molecule has 1 N–H and O–H groups in total. The molecule has 0 heterocycles. The maximum Gasteiger partial charge on any atom is 0.387 e. The van der Waals surface area contributed by atoms with E-state index in [4.69, 9.17) is 11.6 Å². The van der Waals surface area contributed by atoms with Gasteiger partial charge in [-0.1, -0.05) is 18.9 Å². The smallest absolute Gasteiger partial charge is 0.387 e. The van der Waals surface area contributed by atoms with Crippen molar-refractivity contribution in [1.29, 1.82) is 0 Å². The van der Waals surface area contributed by atoms with Crippen LogP contribution in [-0.2, 0) is 0 Å². The molecule has 0 spiro atoms. The maximum absolute atomic E-state index is 12.1. The van der Waals surface area contributed by atoms with Crippen molar-refractivity contribution in [3.63, 3.8) is 0 Å². The molecule has 0 radical (unpaired) electrons. The first-order valence-corrected chi connectivity index (χ1v) is 6.99. The van der Waals surface area contributed by atoms with E-state index in [1.807, 2.05) is 0 Å². The van der Waals surface area contributed by atoms with Crippen molar-refractivity contribution in [2.75, 3.05) is 0 Å². The van der Waals surface area contributed by atoms with Crippen LogP contribution in [0.4, 0.5) is 8.78 Å². The molecule has 20 heavy (non-hydrogen) atoms. The fourth-order valence-electron chi connectivity index (χ4n) is 2.31. The number of nitrogens with one attached hydrogen (secondary N) is 1. The predicted molar refractivity (Wildman–Crippen MR) is 72.4 cm³/mol. The molecule has 2 rings (SSSR count). The standard InChI is InChI=1S/C14H16ClF2NO2/c15-11-6-1-2-7-12(11)18-13(19)9-4-3-5-10(8-9)20-14(16)17/h3-5,8,11-12,14H,1-2,6-7H2,(H,18,19). The number of carbonyl (C=O) groups excluding carboxylic acids is 1. The first kappa shape index (κ1) is 15.0. The van der Waals surface area contributed by atoms with E-state index in [0.717, 1.165) is 25.7 Å². The van der Waals surface area contributed by atoms with E-state index in [1.54, 1.807) is 6.07 Å². The fraction of sp³-hybridized carbons (Fsp3) is 0.500. The van der Waals surface area contributed by atoms with Crippen LogP contribution in [0, 0.1) is 0 Å². The topological polar surface area (TPSA) is 38.3 Å². The molecule has 6 heteroatoms. The van der Waals surface area contributed by atoms with Gasteiger partial charge in [0.1, 0.15) is 5.75 Å². The lowest BCUT2D eigenvalue weighted by Gasteiger charge is -2.27. The van der Waals surface area contributed by atoms with Gasteiger partial charge in [0.25, 0.3) is 5.91 Å². The van der Waals surface area contributed by atoms with Crippen LogP contribution < -0.4 is 10.1 Å². The molecule has 1 aliphatic rings. The van der Waals surface area contributed by atoms with Crippen molar-refractivity contribution >= 4 is 17.5 Å². The molecule has 3 nitrogen and oxygen atoms in total. The van der Waals surface area contributed by atoms with Crippen LogP contribution in [0.5, 0.6) is 5.75 Å². The summed E-state index contributed by atoms with van der Waals surface area (Å²) in [7, 11) is 0. The van der Waals surface area contributed by atoms with Crippen LogP contribution in [0.2, 0.25) is 0 Å². The number of hydrogen-bond acceptors (Lipinski definition) is 2. The van der Waals surface area contributed by atoms with E-state index >= 15 is 0 Å². The average Bonchev–Trinajstić information content (AvgIpc) is 2.41. The summed E-state index contributed by atoms with van der Waals surface area (Å²) in [5.74, 6) is -0.346. The van der Waals surface area contributed by atoms with Crippen LogP contribution in [0.25, 0.3) is 0 Å². The molecule has 2 unspecified atom stereocenters. The van der Waals surface area contributed by atoms with E-state index in [1.165, 1.54) is 18.2 Å². The zero-order chi connectivity index (χ0) is 14.5. The van der Waals surface area contributed by atoms with Crippen LogP contribution in [-0.4, -0.2) is 23.9 Å². The fourth-order valence-corrected chi connectivity index (χ4v) is 2.66. The van der Waals surface area contributed by atoms with Gasteiger partial charge in [-0.15, -0.1) is 11.6 Å². The second kappa shape index (κ2) is 6.88. The van der Waals surface area contributed by atoms with Gasteiger partial charge in [0.2, 0.25) is 0 Å². The number of hydrogen-bond donors (Lipinski definition) is 1. The van der Waals surface area contributed by atoms with E-state index in [-0.39, 0.29) is 28.6 Å². The molecule has 2 atom stereocenters. The summed E-state index contributed by atoms with van der Waals surface area (Å²) in [5, 5.41) is 2.78. The van der Waals surface area contributed by atoms with Crippen molar-refractivity contribution in [3.05, 3.63) is 29.8 Å². The predicted octanol–water partition coefficient (Wildman–Crippen LogP) is 3.57. The summed E-state index contributed by atoms with van der Waals surface area (Å²) in [6, 6.07) is 5.67. The molecule has 1 fully saturated rings. The van der Waals surface area contributed by atoms with Crippen molar-refractivity contribution in [1.82, 2.24) is 5.32 Å². The van der Waals surface area contributed by atoms with E-state index in [9.17, 15) is 13.6 Å². The third-order valence-corrected chi connectivity index (χ3v) is 3.84. The number of rotatable bonds is 4. The summed E-state index contributed by atoms with van der Waals surface area (Å²) in [4.78, 5) is 12.1. The largest absolute Gasteiger partial charge is 0.435 e. The highest BCUT2D eigenvalue weighted by molar-refractivity contribution is 6.21. The van der Waals surface area contributed by atoms with Gasteiger partial charge in [-0.3, -0.25) is 4.79 Å². The molecule has 1 amide bonds. The van der Waals surface area contributed by atoms with Crippen molar-refractivity contribution in [2.45, 2.75) is 43.7 Å². The summed E-state index contributed by atoms with van der Waals surface area (Å²) in [6.07, 6.45) is 3.81. The molecule has 1 aromatic rings. The highest BCUT2D eigenvalue weighted by Gasteiger charge is 2.25. The highest BCUT2D eigenvalue weighted by Crippen LogP contribution is 2.23. The molecule has 0 bridgehead atoms. The highest BCUT2D eigenvalue weighted by atomic mass is 35.5. The molecule has 1 aliphatic carbocycles. The SMILES string of the molecule is O=C(NC1CCCCC1Cl)c1cccc(OC(F)F)c1. The third kappa shape index (κ3) is 4.07. The van der Waals surface area contributed by atoms with E-state index in [0.29, 0.717) is 0 Å². The monoisotopic (exact) mass is 303 g/mol. The Hall–Kier alpha value is -1.36. The minimum Gasteiger partial charge on any atom is -0.435 e. The summed E-state index contributed by atoms with van der Waals surface area (Å²) >= 11 is 6.18. The van der Waals surface area contributed by atoms with Gasteiger partial charge in [-0.05, 0) is 31.0 Å². The van der Waals surface area contributed by atoms with Gasteiger partial charge in [-0.25, -0.2) is 0 Å². The number of alkyl halides is 3. The van der Waals surface area contributed by atoms with Crippen LogP contribution in [0.1, 0.15) is 36.0 Å². The molecule has 1 aromatic carbocycles. The zero-order valence-electron chi connectivity index (χ0n) is 10.8. The normalized spacial score (nSPS) is 22.6. The first-order valence-electron chi connectivity index (χ1n) is 6.56. The Morgan fingerprint density at radius 1 is 1.35 bits per heavy atom. The van der Waals surface area contributed by atoms with E-state index < -0.39 is 6.61 Å². The number of amides is 1. The summed E-state index contributed by atoms with van der Waals surface area (Å²) < 4.78 is 28.6. The minimum absolute atomic E-state index is 0.0290. The van der Waals surface area contributed by atoms with Crippen molar-refractivity contribution < 1.29 is 18.3 Å². The quantitative estimate of drug-likeness (QED) is 0.864. The maximum atomic E-state index is 12.1. The lowest BCUT2D eigenvalue weighted by Crippen LogP contribution is -2.42. The van der Waals surface area contributed by atoms with Crippen LogP contribution in [0.3, 0.4) is 0 Å². The molecular formula is C14H16ClF2NO2. The number of carbonyl (C=O) groups is 1. The molecule has 110 valence electrons. The Morgan fingerprint density at radius 3 is 2.80 bits per heavy atom. The second-order valence-electron chi connectivity index (χ2n) is 4.79. The Balaban J connectivity index is 2.01. The molecule has 0 aliphatic heterocycles. The first-order chi connectivity index (χ1) is 9.56. The van der Waals surface area contributed by atoms with Gasteiger partial charge in [-0.2, -0.15) is 8.78 Å². The summed E-state index contributed by atoms with van der Waals surface area (Å²) in [5.41, 5.74) is 0.289. The van der Waals surface area contributed by atoms with Gasteiger partial charge in [0.05, 0.1) is 5.38 Å². The Kier molecular flexibility index (Phi) is 5.17. The number of halogens is 3. The number of ether oxygens (including phenoxy) is 1. The van der Waals surface area contributed by atoms with Gasteiger partial charge < -0.3 is 10.1 Å². The third-order valence-electron chi connectivity index (χ3n) is 3.32. The molecule has 1 saturated carbocycles. The van der Waals surface area contributed by atoms with Gasteiger partial charge in [0, 0.05) is 11.6 Å². The van der Waals surface area contributed by atoms with Crippen molar-refractivity contribution in [3.8, 4) is 5.75 Å². The van der Waals surface area contributed by atoms with Gasteiger partial charge >= 0.3 is 6.61 Å². The van der Waals surface area contributed by atoms with Gasteiger partial charge in [0.15, 0.2) is 0 Å². The molecular weight excluding hydrogens is 288 g/mol. The van der Waals surface area contributed by atoms with Crippen LogP contribution in [0.15, 0.2) is 24.3 Å². The number of benzene rings is 1. The Morgan fingerprint density at radius 2 is 2.10 bits per heavy atom. The lowest BCUT2D eigenvalue weighted by molar-refractivity contribution is -0.0498. The van der Waals surface area contributed by atoms with Crippen molar-refractivity contribution in [2.24, 2.45) is 0 Å².